The van der Waals surface area contributed by atoms with Crippen molar-refractivity contribution in [3.63, 3.8) is 0 Å². The summed E-state index contributed by atoms with van der Waals surface area (Å²) in [6.45, 7) is 3.47. The zero-order valence-corrected chi connectivity index (χ0v) is 11.2. The van der Waals surface area contributed by atoms with Crippen molar-refractivity contribution in [2.45, 2.75) is 19.6 Å². The Morgan fingerprint density at radius 3 is 2.70 bits per heavy atom. The first-order valence-electron chi connectivity index (χ1n) is 3.46. The van der Waals surface area contributed by atoms with Crippen molar-refractivity contribution in [3.05, 3.63) is 0 Å². The van der Waals surface area contributed by atoms with Crippen LogP contribution >= 0.6 is 0 Å². The Labute approximate surface area is 67.3 Å². The third-order valence-electron chi connectivity index (χ3n) is 1.23. The van der Waals surface area contributed by atoms with Crippen molar-refractivity contribution in [1.82, 2.24) is 0 Å². The Bertz CT molecular complexity index is 116. The van der Waals surface area contributed by atoms with Crippen LogP contribution in [-0.2, 0) is 9.22 Å². The fourth-order valence-corrected chi connectivity index (χ4v) is 3.63. The molecule has 3 nitrogen and oxygen atoms in total. The van der Waals surface area contributed by atoms with E-state index in [4.69, 9.17) is 9.53 Å². The molecule has 0 aliphatic carbocycles. The molecule has 0 aromatic heterocycles. The van der Waals surface area contributed by atoms with Crippen LogP contribution in [0.5, 0.6) is 0 Å². The van der Waals surface area contributed by atoms with Gasteiger partial charge < -0.3 is 9.53 Å². The lowest BCUT2D eigenvalue weighted by atomic mass is 10.4. The molecule has 0 radical (unpaired) electrons. The first kappa shape index (κ1) is 10.1. The van der Waals surface area contributed by atoms with E-state index in [2.05, 4.69) is 0 Å². The van der Waals surface area contributed by atoms with Crippen LogP contribution in [0, 0.1) is 0 Å². The number of carbonyl (C=O) groups is 1. The van der Waals surface area contributed by atoms with Crippen LogP contribution in [0.1, 0.15) is 6.92 Å². The molecule has 0 aromatic rings. The second-order valence-corrected chi connectivity index (χ2v) is 18.3. The quantitative estimate of drug-likeness (QED) is 0.494. The third kappa shape index (κ3) is 3.99. The summed E-state index contributed by atoms with van der Waals surface area (Å²) in [6.07, 6.45) is -0.933. The summed E-state index contributed by atoms with van der Waals surface area (Å²) in [7, 11) is 0.0989. The molecule has 0 rings (SSSR count). The molecular formula is C4H14O3Si3. The molecule has 0 saturated heterocycles. The second kappa shape index (κ2) is 4.83. The van der Waals surface area contributed by atoms with Crippen molar-refractivity contribution in [3.8, 4) is 0 Å². The molecule has 1 N–H and O–H groups in total. The highest BCUT2D eigenvalue weighted by Gasteiger charge is 2.13. The number of aliphatic hydroxyl groups excluding tert-OH is 1. The lowest BCUT2D eigenvalue weighted by Gasteiger charge is -2.10. The van der Waals surface area contributed by atoms with E-state index in [0.29, 0.717) is 0 Å². The molecule has 0 aromatic carbocycles. The fourth-order valence-electron chi connectivity index (χ4n) is 0.380. The standard InChI is InChI=1S/C4H14O3Si3/c1-3(5)4(6)7-10(2)9-8/h3,5,10H,9H2,1-2,8H3. The fraction of sp³-hybridized carbons (Fsp3) is 0.750. The van der Waals surface area contributed by atoms with Gasteiger partial charge in [-0.15, -0.1) is 0 Å². The van der Waals surface area contributed by atoms with Gasteiger partial charge in [0.15, 0.2) is 0 Å². The topological polar surface area (TPSA) is 46.5 Å². The van der Waals surface area contributed by atoms with Gasteiger partial charge in [-0.3, -0.25) is 4.79 Å². The summed E-state index contributed by atoms with van der Waals surface area (Å²) in [5.41, 5.74) is 0. The maximum absolute atomic E-state index is 10.7. The molecule has 0 bridgehead atoms. The van der Waals surface area contributed by atoms with Crippen LogP contribution in [-0.4, -0.2) is 44.1 Å². The third-order valence-corrected chi connectivity index (χ3v) is 17.3. The maximum atomic E-state index is 10.7. The molecule has 10 heavy (non-hydrogen) atoms. The van der Waals surface area contributed by atoms with E-state index in [1.54, 1.807) is 0 Å². The summed E-state index contributed by atoms with van der Waals surface area (Å²) in [5, 5.41) is 8.74. The summed E-state index contributed by atoms with van der Waals surface area (Å²) < 4.78 is 5.01. The Hall–Kier alpha value is 0.0806. The zero-order chi connectivity index (χ0) is 8.15. The highest BCUT2D eigenvalue weighted by Crippen LogP contribution is 1.88. The predicted molar refractivity (Wildman–Crippen MR) is 49.3 cm³/mol. The van der Waals surface area contributed by atoms with Crippen molar-refractivity contribution in [2.75, 3.05) is 0 Å². The molecule has 0 spiro atoms. The van der Waals surface area contributed by atoms with E-state index in [0.717, 1.165) is 0 Å². The number of carbonyl (C=O) groups excluding carboxylic acids is 1. The summed E-state index contributed by atoms with van der Waals surface area (Å²) in [6, 6.07) is 0. The largest absolute Gasteiger partial charge is 0.524 e. The van der Waals surface area contributed by atoms with Crippen molar-refractivity contribution >= 4 is 32.8 Å². The SMILES string of the molecule is CC(O)C(=O)O[SiH](C)[SiH2][SiH3]. The van der Waals surface area contributed by atoms with Crippen molar-refractivity contribution in [1.29, 1.82) is 0 Å². The van der Waals surface area contributed by atoms with Crippen molar-refractivity contribution in [2.24, 2.45) is 0 Å². The van der Waals surface area contributed by atoms with Gasteiger partial charge in [-0.25, -0.2) is 0 Å². The Morgan fingerprint density at radius 1 is 1.90 bits per heavy atom. The Morgan fingerprint density at radius 2 is 2.40 bits per heavy atom. The van der Waals surface area contributed by atoms with Crippen LogP contribution in [0.4, 0.5) is 0 Å². The van der Waals surface area contributed by atoms with Gasteiger partial charge in [0, 0.05) is 8.55 Å². The number of aliphatic hydroxyl groups is 1. The maximum Gasteiger partial charge on any atom is 0.320 e. The van der Waals surface area contributed by atoms with Crippen LogP contribution in [0.15, 0.2) is 0 Å². The van der Waals surface area contributed by atoms with Crippen molar-refractivity contribution < 1.29 is 14.3 Å². The minimum atomic E-state index is -1.10. The molecule has 0 fully saturated rings. The molecule has 0 aliphatic heterocycles. The summed E-state index contributed by atoms with van der Waals surface area (Å²) >= 11 is 0. The van der Waals surface area contributed by atoms with Crippen LogP contribution < -0.4 is 0 Å². The first-order chi connectivity index (χ1) is 4.57. The zero-order valence-electron chi connectivity index (χ0n) is 6.63. The van der Waals surface area contributed by atoms with Crippen LogP contribution in [0.25, 0.3) is 0 Å². The number of hydrogen-bond acceptors (Lipinski definition) is 3. The molecule has 60 valence electrons. The molecule has 0 amide bonds. The van der Waals surface area contributed by atoms with Gasteiger partial charge in [0.05, 0.1) is 0 Å². The summed E-state index contributed by atoms with van der Waals surface area (Å²) in [4.78, 5) is 10.7. The van der Waals surface area contributed by atoms with Gasteiger partial charge in [-0.2, -0.15) is 0 Å². The molecule has 0 heterocycles. The molecule has 2 atom stereocenters. The highest BCUT2D eigenvalue weighted by atomic mass is 29.5. The van der Waals surface area contributed by atoms with E-state index in [1.165, 1.54) is 16.7 Å². The van der Waals surface area contributed by atoms with E-state index < -0.39 is 20.6 Å². The smallest absolute Gasteiger partial charge is 0.320 e. The Kier molecular flexibility index (Phi) is 4.87. The number of hydrogen-bond donors (Lipinski definition) is 1. The van der Waals surface area contributed by atoms with Crippen LogP contribution in [0.2, 0.25) is 6.55 Å². The average Bonchev–Trinajstić information content (AvgIpc) is 1.87. The van der Waals surface area contributed by atoms with E-state index in [1.807, 2.05) is 6.55 Å². The summed E-state index contributed by atoms with van der Waals surface area (Å²) in [5.74, 6) is -0.428. The van der Waals surface area contributed by atoms with Gasteiger partial charge in [0.1, 0.15) is 6.10 Å². The van der Waals surface area contributed by atoms with E-state index in [-0.39, 0.29) is 8.55 Å². The predicted octanol–water partition coefficient (Wildman–Crippen LogP) is -2.79. The van der Waals surface area contributed by atoms with Gasteiger partial charge in [-0.1, -0.05) is 0 Å². The minimum absolute atomic E-state index is 0.0128. The minimum Gasteiger partial charge on any atom is -0.524 e. The average molecular weight is 194 g/mol. The first-order valence-corrected chi connectivity index (χ1v) is 14.0. The van der Waals surface area contributed by atoms with Gasteiger partial charge in [0.25, 0.3) is 0 Å². The van der Waals surface area contributed by atoms with E-state index >= 15 is 0 Å². The molecule has 0 saturated carbocycles. The second-order valence-electron chi connectivity index (χ2n) is 2.33. The highest BCUT2D eigenvalue weighted by molar-refractivity contribution is 7.29. The monoisotopic (exact) mass is 194 g/mol. The van der Waals surface area contributed by atoms with E-state index in [9.17, 15) is 4.79 Å². The molecule has 2 unspecified atom stereocenters. The molecule has 6 heteroatoms. The lowest BCUT2D eigenvalue weighted by Crippen LogP contribution is -2.31. The van der Waals surface area contributed by atoms with Crippen LogP contribution in [0.3, 0.4) is 0 Å². The lowest BCUT2D eigenvalue weighted by molar-refractivity contribution is -0.142. The van der Waals surface area contributed by atoms with Gasteiger partial charge in [-0.05, 0) is 23.2 Å². The normalized spacial score (nSPS) is 17.5. The molecule has 0 aliphatic rings. The van der Waals surface area contributed by atoms with Gasteiger partial charge in [0.2, 0.25) is 8.56 Å². The number of rotatable bonds is 3. The molecular weight excluding hydrogens is 180 g/mol. The van der Waals surface area contributed by atoms with Gasteiger partial charge >= 0.3 is 5.97 Å². The Balaban J connectivity index is 3.57.